The SMILES string of the molecule is CC(=O)Nc1nc(C(=O)OCc2ncc(-c3ccc(F)cc3)o2)cs1. The monoisotopic (exact) mass is 361 g/mol. The first-order valence-electron chi connectivity index (χ1n) is 7.12. The van der Waals surface area contributed by atoms with Crippen molar-refractivity contribution in [2.24, 2.45) is 0 Å². The third-order valence-corrected chi connectivity index (χ3v) is 3.76. The van der Waals surface area contributed by atoms with Gasteiger partial charge < -0.3 is 14.5 Å². The first-order chi connectivity index (χ1) is 12.0. The molecule has 3 rings (SSSR count). The Kier molecular flexibility index (Phi) is 4.85. The van der Waals surface area contributed by atoms with Gasteiger partial charge in [-0.3, -0.25) is 4.79 Å². The number of carbonyl (C=O) groups excluding carboxylic acids is 2. The van der Waals surface area contributed by atoms with Crippen molar-refractivity contribution in [3.05, 3.63) is 53.2 Å². The Morgan fingerprint density at radius 1 is 1.32 bits per heavy atom. The number of aromatic nitrogens is 2. The maximum Gasteiger partial charge on any atom is 0.358 e. The van der Waals surface area contributed by atoms with Gasteiger partial charge in [0, 0.05) is 17.9 Å². The molecule has 1 N–H and O–H groups in total. The molecule has 0 radical (unpaired) electrons. The molecule has 0 aliphatic carbocycles. The van der Waals surface area contributed by atoms with E-state index in [1.807, 2.05) is 0 Å². The number of amides is 1. The number of carbonyl (C=O) groups is 2. The number of esters is 1. The average Bonchev–Trinajstić information content (AvgIpc) is 3.22. The van der Waals surface area contributed by atoms with E-state index >= 15 is 0 Å². The summed E-state index contributed by atoms with van der Waals surface area (Å²) in [5.41, 5.74) is 0.741. The van der Waals surface area contributed by atoms with E-state index in [9.17, 15) is 14.0 Å². The van der Waals surface area contributed by atoms with E-state index in [0.29, 0.717) is 16.5 Å². The van der Waals surface area contributed by atoms with Crippen molar-refractivity contribution in [1.82, 2.24) is 9.97 Å². The predicted octanol–water partition coefficient (Wildman–Crippen LogP) is 3.25. The van der Waals surface area contributed by atoms with Gasteiger partial charge >= 0.3 is 5.97 Å². The highest BCUT2D eigenvalue weighted by atomic mass is 32.1. The zero-order valence-electron chi connectivity index (χ0n) is 13.0. The molecule has 1 aromatic carbocycles. The lowest BCUT2D eigenvalue weighted by Crippen LogP contribution is -2.08. The van der Waals surface area contributed by atoms with Gasteiger partial charge in [0.1, 0.15) is 5.82 Å². The van der Waals surface area contributed by atoms with Crippen molar-refractivity contribution in [2.75, 3.05) is 5.32 Å². The summed E-state index contributed by atoms with van der Waals surface area (Å²) in [6, 6.07) is 5.74. The van der Waals surface area contributed by atoms with Gasteiger partial charge in [-0.15, -0.1) is 11.3 Å². The molecule has 2 aromatic heterocycles. The predicted molar refractivity (Wildman–Crippen MR) is 87.4 cm³/mol. The lowest BCUT2D eigenvalue weighted by atomic mass is 10.2. The second-order valence-corrected chi connectivity index (χ2v) is 5.78. The Morgan fingerprint density at radius 2 is 2.08 bits per heavy atom. The van der Waals surface area contributed by atoms with Gasteiger partial charge in [0.15, 0.2) is 23.2 Å². The number of rotatable bonds is 5. The fraction of sp³-hybridized carbons (Fsp3) is 0.125. The van der Waals surface area contributed by atoms with E-state index in [1.165, 1.54) is 30.6 Å². The number of halogens is 1. The van der Waals surface area contributed by atoms with Crippen molar-refractivity contribution < 1.29 is 23.1 Å². The number of ether oxygens (including phenoxy) is 1. The summed E-state index contributed by atoms with van der Waals surface area (Å²) >= 11 is 1.12. The van der Waals surface area contributed by atoms with E-state index in [1.54, 1.807) is 12.1 Å². The van der Waals surface area contributed by atoms with Crippen LogP contribution >= 0.6 is 11.3 Å². The molecule has 0 saturated heterocycles. The molecule has 1 amide bonds. The fourth-order valence-electron chi connectivity index (χ4n) is 1.90. The van der Waals surface area contributed by atoms with Crippen LogP contribution in [0, 0.1) is 5.82 Å². The molecule has 0 atom stereocenters. The maximum absolute atomic E-state index is 12.9. The highest BCUT2D eigenvalue weighted by molar-refractivity contribution is 7.14. The lowest BCUT2D eigenvalue weighted by molar-refractivity contribution is -0.114. The summed E-state index contributed by atoms with van der Waals surface area (Å²) in [5, 5.41) is 4.28. The van der Waals surface area contributed by atoms with E-state index < -0.39 is 5.97 Å². The molecule has 0 spiro atoms. The number of oxazole rings is 1. The van der Waals surface area contributed by atoms with Crippen LogP contribution in [0.3, 0.4) is 0 Å². The molecule has 0 bridgehead atoms. The third kappa shape index (κ3) is 4.27. The Morgan fingerprint density at radius 3 is 2.80 bits per heavy atom. The number of hydrogen-bond donors (Lipinski definition) is 1. The van der Waals surface area contributed by atoms with E-state index in [2.05, 4.69) is 15.3 Å². The van der Waals surface area contributed by atoms with Crippen molar-refractivity contribution in [3.63, 3.8) is 0 Å². The Labute approximate surface area is 145 Å². The Hall–Kier alpha value is -3.07. The number of hydrogen-bond acceptors (Lipinski definition) is 7. The molecular formula is C16H12FN3O4S. The van der Waals surface area contributed by atoms with Gasteiger partial charge in [-0.25, -0.2) is 19.2 Å². The Bertz CT molecular complexity index is 904. The van der Waals surface area contributed by atoms with Crippen LogP contribution in [-0.2, 0) is 16.1 Å². The van der Waals surface area contributed by atoms with E-state index in [4.69, 9.17) is 9.15 Å². The van der Waals surface area contributed by atoms with Gasteiger partial charge in [-0.2, -0.15) is 0 Å². The minimum atomic E-state index is -0.658. The number of thiazole rings is 1. The molecule has 7 nitrogen and oxygen atoms in total. The zero-order chi connectivity index (χ0) is 17.8. The van der Waals surface area contributed by atoms with Gasteiger partial charge in [-0.1, -0.05) is 0 Å². The second kappa shape index (κ2) is 7.22. The van der Waals surface area contributed by atoms with Crippen molar-refractivity contribution in [1.29, 1.82) is 0 Å². The molecule has 128 valence electrons. The van der Waals surface area contributed by atoms with Crippen LogP contribution in [0.25, 0.3) is 11.3 Å². The molecule has 0 fully saturated rings. The van der Waals surface area contributed by atoms with Gasteiger partial charge in [0.2, 0.25) is 11.8 Å². The summed E-state index contributed by atoms with van der Waals surface area (Å²) in [7, 11) is 0. The third-order valence-electron chi connectivity index (χ3n) is 3.01. The van der Waals surface area contributed by atoms with Crippen LogP contribution in [0.1, 0.15) is 23.3 Å². The molecule has 0 saturated carbocycles. The topological polar surface area (TPSA) is 94.3 Å². The minimum absolute atomic E-state index is 0.0825. The summed E-state index contributed by atoms with van der Waals surface area (Å²) < 4.78 is 23.5. The van der Waals surface area contributed by atoms with Crippen LogP contribution in [-0.4, -0.2) is 21.8 Å². The molecule has 25 heavy (non-hydrogen) atoms. The normalized spacial score (nSPS) is 10.5. The largest absolute Gasteiger partial charge is 0.451 e. The molecule has 0 aliphatic rings. The number of nitrogens with one attached hydrogen (secondary N) is 1. The number of benzene rings is 1. The van der Waals surface area contributed by atoms with Crippen molar-refractivity contribution in [3.8, 4) is 11.3 Å². The molecule has 0 unspecified atom stereocenters. The molecule has 2 heterocycles. The van der Waals surface area contributed by atoms with Crippen LogP contribution in [0.4, 0.5) is 9.52 Å². The summed E-state index contributed by atoms with van der Waals surface area (Å²) in [5.74, 6) is -0.645. The highest BCUT2D eigenvalue weighted by Gasteiger charge is 2.15. The molecule has 0 aliphatic heterocycles. The summed E-state index contributed by atoms with van der Waals surface area (Å²) in [6.07, 6.45) is 1.47. The fourth-order valence-corrected chi connectivity index (χ4v) is 2.63. The smallest absolute Gasteiger partial charge is 0.358 e. The summed E-state index contributed by atoms with van der Waals surface area (Å²) in [6.45, 7) is 1.17. The van der Waals surface area contributed by atoms with Crippen LogP contribution < -0.4 is 5.32 Å². The van der Waals surface area contributed by atoms with Gasteiger partial charge in [-0.05, 0) is 24.3 Å². The van der Waals surface area contributed by atoms with E-state index in [0.717, 1.165) is 11.3 Å². The quantitative estimate of drug-likeness (QED) is 0.701. The van der Waals surface area contributed by atoms with Crippen LogP contribution in [0.5, 0.6) is 0 Å². The van der Waals surface area contributed by atoms with E-state index in [-0.39, 0.29) is 29.9 Å². The second-order valence-electron chi connectivity index (χ2n) is 4.92. The number of nitrogens with zero attached hydrogens (tertiary/aromatic N) is 2. The van der Waals surface area contributed by atoms with Crippen LogP contribution in [0.2, 0.25) is 0 Å². The standard InChI is InChI=1S/C16H12FN3O4S/c1-9(21)19-16-20-12(8-25-16)15(22)23-7-14-18-6-13(24-14)10-2-4-11(17)5-3-10/h2-6,8H,7H2,1H3,(H,19,20,21). The minimum Gasteiger partial charge on any atom is -0.451 e. The molecule has 3 aromatic rings. The zero-order valence-corrected chi connectivity index (χ0v) is 13.8. The van der Waals surface area contributed by atoms with Gasteiger partial charge in [0.25, 0.3) is 0 Å². The first-order valence-corrected chi connectivity index (χ1v) is 8.00. The first kappa shape index (κ1) is 16.8. The maximum atomic E-state index is 12.9. The lowest BCUT2D eigenvalue weighted by Gasteiger charge is -1.99. The van der Waals surface area contributed by atoms with Crippen molar-refractivity contribution >= 4 is 28.3 Å². The molecular weight excluding hydrogens is 349 g/mol. The van der Waals surface area contributed by atoms with Crippen LogP contribution in [0.15, 0.2) is 40.3 Å². The summed E-state index contributed by atoms with van der Waals surface area (Å²) in [4.78, 5) is 30.8. The average molecular weight is 361 g/mol. The Balaban J connectivity index is 1.60. The number of anilines is 1. The van der Waals surface area contributed by atoms with Crippen molar-refractivity contribution in [2.45, 2.75) is 13.5 Å². The van der Waals surface area contributed by atoms with Gasteiger partial charge in [0.05, 0.1) is 6.20 Å². The molecule has 9 heteroatoms. The highest BCUT2D eigenvalue weighted by Crippen LogP contribution is 2.21.